The molecule has 4 N–H and O–H groups in total. The third-order valence-electron chi connectivity index (χ3n) is 2.29. The second kappa shape index (κ2) is 6.01. The van der Waals surface area contributed by atoms with Crippen LogP contribution in [0.25, 0.3) is 0 Å². The predicted molar refractivity (Wildman–Crippen MR) is 59.7 cm³/mol. The van der Waals surface area contributed by atoms with Crippen molar-refractivity contribution in [3.05, 3.63) is 24.3 Å². The van der Waals surface area contributed by atoms with Crippen molar-refractivity contribution < 1.29 is 9.59 Å². The van der Waals surface area contributed by atoms with Crippen LogP contribution in [0.2, 0.25) is 0 Å². The van der Waals surface area contributed by atoms with E-state index in [-0.39, 0.29) is 5.92 Å². The third kappa shape index (κ3) is 4.44. The van der Waals surface area contributed by atoms with Crippen LogP contribution in [0, 0.1) is 5.92 Å². The van der Waals surface area contributed by atoms with Crippen molar-refractivity contribution >= 4 is 11.8 Å². The minimum atomic E-state index is -0.548. The number of hydrogen-bond donors (Lipinski definition) is 2. The van der Waals surface area contributed by atoms with E-state index in [1.54, 1.807) is 0 Å². The van der Waals surface area contributed by atoms with Crippen LogP contribution in [0.5, 0.6) is 0 Å². The minimum absolute atomic E-state index is 0.132. The molecule has 2 amide bonds. The van der Waals surface area contributed by atoms with Gasteiger partial charge in [0.15, 0.2) is 0 Å². The molecule has 0 heterocycles. The van der Waals surface area contributed by atoms with E-state index >= 15 is 0 Å². The summed E-state index contributed by atoms with van der Waals surface area (Å²) >= 11 is 0. The molecule has 4 heteroatoms. The van der Waals surface area contributed by atoms with Gasteiger partial charge in [0.2, 0.25) is 11.8 Å². The van der Waals surface area contributed by atoms with Crippen LogP contribution in [0.4, 0.5) is 0 Å². The molecule has 0 fully saturated rings. The summed E-state index contributed by atoms with van der Waals surface area (Å²) in [5, 5.41) is 0. The molecule has 0 rings (SSSR count). The number of rotatable bonds is 7. The molecule has 0 aliphatic heterocycles. The Morgan fingerprint density at radius 3 is 2.07 bits per heavy atom. The fraction of sp³-hybridized carbons (Fsp3) is 0.455. The molecule has 0 bridgehead atoms. The number of hydrogen-bond acceptors (Lipinski definition) is 2. The Morgan fingerprint density at radius 1 is 1.20 bits per heavy atom. The summed E-state index contributed by atoms with van der Waals surface area (Å²) in [7, 11) is 0. The predicted octanol–water partition coefficient (Wildman–Crippen LogP) is 0.876. The summed E-state index contributed by atoms with van der Waals surface area (Å²) in [5.41, 5.74) is 10.8. The van der Waals surface area contributed by atoms with Gasteiger partial charge in [-0.3, -0.25) is 9.59 Å². The average Bonchev–Trinajstić information content (AvgIpc) is 2.15. The van der Waals surface area contributed by atoms with Crippen LogP contribution in [-0.4, -0.2) is 11.8 Å². The fourth-order valence-corrected chi connectivity index (χ4v) is 1.35. The lowest BCUT2D eigenvalue weighted by atomic mass is 9.88. The van der Waals surface area contributed by atoms with Crippen molar-refractivity contribution in [2.45, 2.75) is 26.2 Å². The van der Waals surface area contributed by atoms with Gasteiger partial charge in [-0.2, -0.15) is 0 Å². The minimum Gasteiger partial charge on any atom is -0.366 e. The van der Waals surface area contributed by atoms with Crippen LogP contribution < -0.4 is 11.5 Å². The lowest BCUT2D eigenvalue weighted by Crippen LogP contribution is -2.22. The first-order valence-corrected chi connectivity index (χ1v) is 4.86. The van der Waals surface area contributed by atoms with Gasteiger partial charge < -0.3 is 11.5 Å². The van der Waals surface area contributed by atoms with Gasteiger partial charge >= 0.3 is 0 Å². The first kappa shape index (κ1) is 13.4. The first-order chi connectivity index (χ1) is 6.90. The van der Waals surface area contributed by atoms with Crippen molar-refractivity contribution in [2.24, 2.45) is 17.4 Å². The Hall–Kier alpha value is -1.58. The standard InChI is InChI=1S/C11H18N2O2/c1-4-5-9(8(3)11(13)15)6-7(2)10(12)14/h9H,2-6H2,1H3,(H2,12,14)(H2,13,15). The first-order valence-electron chi connectivity index (χ1n) is 4.86. The van der Waals surface area contributed by atoms with Crippen LogP contribution in [0.3, 0.4) is 0 Å². The monoisotopic (exact) mass is 210 g/mol. The van der Waals surface area contributed by atoms with E-state index in [4.69, 9.17) is 11.5 Å². The summed E-state index contributed by atoms with van der Waals surface area (Å²) in [6.45, 7) is 9.15. The highest BCUT2D eigenvalue weighted by Gasteiger charge is 2.18. The third-order valence-corrected chi connectivity index (χ3v) is 2.29. The zero-order chi connectivity index (χ0) is 12.0. The van der Waals surface area contributed by atoms with E-state index in [1.165, 1.54) is 0 Å². The van der Waals surface area contributed by atoms with E-state index in [9.17, 15) is 9.59 Å². The number of amides is 2. The van der Waals surface area contributed by atoms with Gasteiger partial charge in [0.25, 0.3) is 0 Å². The molecule has 0 aromatic heterocycles. The Morgan fingerprint density at radius 2 is 1.73 bits per heavy atom. The normalized spacial score (nSPS) is 11.8. The molecule has 0 saturated carbocycles. The van der Waals surface area contributed by atoms with Crippen LogP contribution in [0.15, 0.2) is 24.3 Å². The highest BCUT2D eigenvalue weighted by Crippen LogP contribution is 2.22. The quantitative estimate of drug-likeness (QED) is 0.611. The summed E-state index contributed by atoms with van der Waals surface area (Å²) in [6.07, 6.45) is 1.97. The zero-order valence-electron chi connectivity index (χ0n) is 9.08. The van der Waals surface area contributed by atoms with Crippen LogP contribution >= 0.6 is 0 Å². The molecule has 0 aliphatic carbocycles. The Balaban J connectivity index is 4.54. The molecule has 15 heavy (non-hydrogen) atoms. The molecule has 0 aromatic rings. The van der Waals surface area contributed by atoms with E-state index in [0.29, 0.717) is 17.6 Å². The van der Waals surface area contributed by atoms with Crippen molar-refractivity contribution in [1.29, 1.82) is 0 Å². The van der Waals surface area contributed by atoms with Crippen molar-refractivity contribution in [1.82, 2.24) is 0 Å². The highest BCUT2D eigenvalue weighted by atomic mass is 16.1. The average molecular weight is 210 g/mol. The maximum absolute atomic E-state index is 10.9. The number of primary amides is 2. The maximum Gasteiger partial charge on any atom is 0.244 e. The van der Waals surface area contributed by atoms with Gasteiger partial charge in [-0.05, 0) is 18.8 Å². The van der Waals surface area contributed by atoms with E-state index in [0.717, 1.165) is 12.8 Å². The SMILES string of the molecule is C=C(CC(CCC)C(=C)C(N)=O)C(N)=O. The largest absolute Gasteiger partial charge is 0.366 e. The smallest absolute Gasteiger partial charge is 0.244 e. The van der Waals surface area contributed by atoms with Gasteiger partial charge in [-0.1, -0.05) is 26.5 Å². The molecular weight excluding hydrogens is 192 g/mol. The van der Waals surface area contributed by atoms with Crippen molar-refractivity contribution in [2.75, 3.05) is 0 Å². The van der Waals surface area contributed by atoms with Gasteiger partial charge in [0.1, 0.15) is 0 Å². The molecule has 0 spiro atoms. The van der Waals surface area contributed by atoms with Crippen molar-refractivity contribution in [3.63, 3.8) is 0 Å². The van der Waals surface area contributed by atoms with Gasteiger partial charge in [-0.25, -0.2) is 0 Å². The Labute approximate surface area is 90.0 Å². The summed E-state index contributed by atoms with van der Waals surface area (Å²) < 4.78 is 0. The maximum atomic E-state index is 10.9. The van der Waals surface area contributed by atoms with Crippen LogP contribution in [-0.2, 0) is 9.59 Å². The van der Waals surface area contributed by atoms with E-state index in [2.05, 4.69) is 13.2 Å². The molecule has 0 aliphatic rings. The summed E-state index contributed by atoms with van der Waals surface area (Å²) in [4.78, 5) is 21.8. The van der Waals surface area contributed by atoms with Crippen LogP contribution in [0.1, 0.15) is 26.2 Å². The second-order valence-electron chi connectivity index (χ2n) is 3.55. The zero-order valence-corrected chi connectivity index (χ0v) is 9.08. The molecule has 84 valence electrons. The molecule has 1 unspecified atom stereocenters. The molecule has 0 aromatic carbocycles. The topological polar surface area (TPSA) is 86.2 Å². The highest BCUT2D eigenvalue weighted by molar-refractivity contribution is 5.93. The Kier molecular flexibility index (Phi) is 5.37. The summed E-state index contributed by atoms with van der Waals surface area (Å²) in [5.74, 6) is -1.22. The van der Waals surface area contributed by atoms with Crippen molar-refractivity contribution in [3.8, 4) is 0 Å². The molecule has 4 nitrogen and oxygen atoms in total. The summed E-state index contributed by atoms with van der Waals surface area (Å²) in [6, 6.07) is 0. The molecule has 0 radical (unpaired) electrons. The number of carbonyl (C=O) groups excluding carboxylic acids is 2. The molecule has 0 saturated heterocycles. The van der Waals surface area contributed by atoms with Gasteiger partial charge in [0.05, 0.1) is 0 Å². The fourth-order valence-electron chi connectivity index (χ4n) is 1.35. The second-order valence-corrected chi connectivity index (χ2v) is 3.55. The lowest BCUT2D eigenvalue weighted by Gasteiger charge is -2.16. The molecular formula is C11H18N2O2. The Bertz CT molecular complexity index is 295. The van der Waals surface area contributed by atoms with E-state index in [1.807, 2.05) is 6.92 Å². The van der Waals surface area contributed by atoms with Gasteiger partial charge in [0, 0.05) is 11.1 Å². The lowest BCUT2D eigenvalue weighted by molar-refractivity contribution is -0.116. The number of carbonyl (C=O) groups is 2. The van der Waals surface area contributed by atoms with E-state index < -0.39 is 11.8 Å². The molecule has 1 atom stereocenters. The van der Waals surface area contributed by atoms with Gasteiger partial charge in [-0.15, -0.1) is 0 Å². The number of nitrogens with two attached hydrogens (primary N) is 2.